The lowest BCUT2D eigenvalue weighted by Crippen LogP contribution is -2.56. The highest BCUT2D eigenvalue weighted by Crippen LogP contribution is 2.14. The maximum atomic E-state index is 11.7. The Kier molecular flexibility index (Phi) is 2.65. The fraction of sp³-hybridized carbons (Fsp3) is 0.800. The van der Waals surface area contributed by atoms with Crippen LogP contribution in [0.5, 0.6) is 0 Å². The smallest absolute Gasteiger partial charge is 0.312 e. The molecule has 0 unspecified atom stereocenters. The van der Waals surface area contributed by atoms with Crippen molar-refractivity contribution in [1.82, 2.24) is 9.80 Å². The van der Waals surface area contributed by atoms with E-state index >= 15 is 0 Å². The lowest BCUT2D eigenvalue weighted by molar-refractivity contribution is -0.157. The largest absolute Gasteiger partial charge is 0.371 e. The van der Waals surface area contributed by atoms with E-state index in [2.05, 4.69) is 0 Å². The number of carbonyl (C=O) groups is 2. The highest BCUT2D eigenvalue weighted by Gasteiger charge is 2.36. The van der Waals surface area contributed by atoms with Crippen molar-refractivity contribution in [3.63, 3.8) is 0 Å². The molecule has 2 saturated heterocycles. The highest BCUT2D eigenvalue weighted by molar-refractivity contribution is 6.35. The third-order valence-electron chi connectivity index (χ3n) is 2.79. The van der Waals surface area contributed by atoms with Gasteiger partial charge >= 0.3 is 11.8 Å². The molecule has 5 heteroatoms. The quantitative estimate of drug-likeness (QED) is 0.466. The van der Waals surface area contributed by atoms with Gasteiger partial charge in [0.2, 0.25) is 0 Å². The number of ether oxygens (including phenoxy) is 1. The average molecular weight is 212 g/mol. The number of nitrogens with zero attached hydrogens (tertiary/aromatic N) is 2. The molecule has 84 valence electrons. The van der Waals surface area contributed by atoms with Gasteiger partial charge < -0.3 is 14.5 Å². The van der Waals surface area contributed by atoms with Crippen molar-refractivity contribution in [2.45, 2.75) is 26.0 Å². The number of piperazine rings is 1. The second kappa shape index (κ2) is 3.81. The monoisotopic (exact) mass is 212 g/mol. The van der Waals surface area contributed by atoms with E-state index in [9.17, 15) is 9.59 Å². The summed E-state index contributed by atoms with van der Waals surface area (Å²) in [7, 11) is 0. The predicted molar refractivity (Wildman–Crippen MR) is 53.2 cm³/mol. The second-order valence-corrected chi connectivity index (χ2v) is 4.30. The van der Waals surface area contributed by atoms with Crippen LogP contribution in [0.1, 0.15) is 13.8 Å². The molecule has 2 rings (SSSR count). The van der Waals surface area contributed by atoms with Crippen molar-refractivity contribution >= 4 is 11.8 Å². The maximum Gasteiger partial charge on any atom is 0.312 e. The van der Waals surface area contributed by atoms with Gasteiger partial charge in [0, 0.05) is 25.7 Å². The predicted octanol–water partition coefficient (Wildman–Crippen LogP) is -0.536. The lowest BCUT2D eigenvalue weighted by Gasteiger charge is -2.35. The molecule has 0 radical (unpaired) electrons. The van der Waals surface area contributed by atoms with Crippen LogP contribution >= 0.6 is 0 Å². The zero-order chi connectivity index (χ0) is 11.0. The van der Waals surface area contributed by atoms with Crippen molar-refractivity contribution in [1.29, 1.82) is 0 Å². The molecule has 0 bridgehead atoms. The van der Waals surface area contributed by atoms with E-state index in [1.54, 1.807) is 9.80 Å². The number of epoxide rings is 1. The first-order valence-corrected chi connectivity index (χ1v) is 5.31. The zero-order valence-electron chi connectivity index (χ0n) is 9.10. The summed E-state index contributed by atoms with van der Waals surface area (Å²) in [5.41, 5.74) is 0. The molecule has 2 aliphatic rings. The van der Waals surface area contributed by atoms with Gasteiger partial charge in [0.1, 0.15) is 0 Å². The van der Waals surface area contributed by atoms with Crippen LogP contribution in [-0.4, -0.2) is 60.0 Å². The van der Waals surface area contributed by atoms with Gasteiger partial charge in [0.25, 0.3) is 0 Å². The Labute approximate surface area is 89.0 Å². The summed E-state index contributed by atoms with van der Waals surface area (Å²) in [4.78, 5) is 26.6. The van der Waals surface area contributed by atoms with Crippen LogP contribution in [0.3, 0.4) is 0 Å². The Morgan fingerprint density at radius 1 is 1.33 bits per heavy atom. The number of amides is 2. The maximum absolute atomic E-state index is 11.7. The Morgan fingerprint density at radius 3 is 2.53 bits per heavy atom. The molecule has 2 aliphatic heterocycles. The van der Waals surface area contributed by atoms with E-state index in [1.807, 2.05) is 13.8 Å². The molecular weight excluding hydrogens is 196 g/mol. The van der Waals surface area contributed by atoms with Gasteiger partial charge in [0.15, 0.2) is 0 Å². The Hall–Kier alpha value is -1.10. The van der Waals surface area contributed by atoms with Crippen LogP contribution in [-0.2, 0) is 14.3 Å². The topological polar surface area (TPSA) is 53.1 Å². The summed E-state index contributed by atoms with van der Waals surface area (Å²) in [6.07, 6.45) is 0.160. The summed E-state index contributed by atoms with van der Waals surface area (Å²) in [5.74, 6) is -0.762. The van der Waals surface area contributed by atoms with Crippen molar-refractivity contribution < 1.29 is 14.3 Å². The molecule has 15 heavy (non-hydrogen) atoms. The van der Waals surface area contributed by atoms with Crippen molar-refractivity contribution in [2.75, 3.05) is 26.2 Å². The lowest BCUT2D eigenvalue weighted by atomic mass is 10.2. The third kappa shape index (κ3) is 2.12. The Bertz CT molecular complexity index is 286. The minimum Gasteiger partial charge on any atom is -0.371 e. The van der Waals surface area contributed by atoms with Gasteiger partial charge in [-0.05, 0) is 13.8 Å². The number of carbonyl (C=O) groups excluding carboxylic acids is 2. The van der Waals surface area contributed by atoms with E-state index in [-0.39, 0.29) is 24.0 Å². The van der Waals surface area contributed by atoms with Gasteiger partial charge in [-0.1, -0.05) is 0 Å². The summed E-state index contributed by atoms with van der Waals surface area (Å²) in [6.45, 7) is 6.38. The van der Waals surface area contributed by atoms with Crippen LogP contribution in [0.15, 0.2) is 0 Å². The SMILES string of the molecule is CC(C)N1CCN(C[C@H]2CO2)C(=O)C1=O. The van der Waals surface area contributed by atoms with Gasteiger partial charge in [-0.25, -0.2) is 0 Å². The van der Waals surface area contributed by atoms with Gasteiger partial charge in [-0.2, -0.15) is 0 Å². The molecular formula is C10H16N2O3. The minimum atomic E-state index is -0.384. The number of hydrogen-bond donors (Lipinski definition) is 0. The van der Waals surface area contributed by atoms with Crippen LogP contribution in [0, 0.1) is 0 Å². The third-order valence-corrected chi connectivity index (χ3v) is 2.79. The molecule has 1 atom stereocenters. The number of rotatable bonds is 3. The molecule has 2 fully saturated rings. The van der Waals surface area contributed by atoms with Crippen LogP contribution in [0.2, 0.25) is 0 Å². The molecule has 5 nitrogen and oxygen atoms in total. The van der Waals surface area contributed by atoms with E-state index in [0.29, 0.717) is 26.2 Å². The fourth-order valence-corrected chi connectivity index (χ4v) is 1.78. The molecule has 0 spiro atoms. The summed E-state index contributed by atoms with van der Waals surface area (Å²) < 4.78 is 5.05. The molecule has 0 aromatic rings. The van der Waals surface area contributed by atoms with E-state index in [1.165, 1.54) is 0 Å². The fourth-order valence-electron chi connectivity index (χ4n) is 1.78. The zero-order valence-corrected chi connectivity index (χ0v) is 9.10. The first kappa shape index (κ1) is 10.4. The first-order valence-electron chi connectivity index (χ1n) is 5.31. The van der Waals surface area contributed by atoms with Gasteiger partial charge in [0.05, 0.1) is 12.7 Å². The molecule has 0 saturated carbocycles. The molecule has 2 heterocycles. The van der Waals surface area contributed by atoms with E-state index < -0.39 is 0 Å². The molecule has 0 aliphatic carbocycles. The van der Waals surface area contributed by atoms with Gasteiger partial charge in [-0.3, -0.25) is 9.59 Å². The molecule has 0 aromatic heterocycles. The number of hydrogen-bond acceptors (Lipinski definition) is 3. The standard InChI is InChI=1S/C10H16N2O3/c1-7(2)12-4-3-11(5-8-6-15-8)9(13)10(12)14/h7-8H,3-6H2,1-2H3/t8-/m0/s1. The van der Waals surface area contributed by atoms with Crippen molar-refractivity contribution in [3.05, 3.63) is 0 Å². The normalized spacial score (nSPS) is 26.5. The summed E-state index contributed by atoms with van der Waals surface area (Å²) in [6, 6.07) is 0.0979. The van der Waals surface area contributed by atoms with Crippen LogP contribution in [0.25, 0.3) is 0 Å². The minimum absolute atomic E-state index is 0.0979. The van der Waals surface area contributed by atoms with E-state index in [4.69, 9.17) is 4.74 Å². The van der Waals surface area contributed by atoms with Gasteiger partial charge in [-0.15, -0.1) is 0 Å². The molecule has 0 aromatic carbocycles. The Morgan fingerprint density at radius 2 is 2.00 bits per heavy atom. The van der Waals surface area contributed by atoms with Crippen LogP contribution in [0.4, 0.5) is 0 Å². The Balaban J connectivity index is 1.97. The second-order valence-electron chi connectivity index (χ2n) is 4.30. The summed E-state index contributed by atoms with van der Waals surface area (Å²) >= 11 is 0. The molecule has 0 N–H and O–H groups in total. The summed E-state index contributed by atoms with van der Waals surface area (Å²) in [5, 5.41) is 0. The van der Waals surface area contributed by atoms with Crippen LogP contribution < -0.4 is 0 Å². The van der Waals surface area contributed by atoms with E-state index in [0.717, 1.165) is 0 Å². The van der Waals surface area contributed by atoms with Crippen molar-refractivity contribution in [2.24, 2.45) is 0 Å². The highest BCUT2D eigenvalue weighted by atomic mass is 16.6. The first-order chi connectivity index (χ1) is 7.09. The molecule has 2 amide bonds. The average Bonchev–Trinajstić information content (AvgIpc) is 2.96. The van der Waals surface area contributed by atoms with Crippen molar-refractivity contribution in [3.8, 4) is 0 Å².